The molecular weight excluding hydrogens is 344 g/mol. The first kappa shape index (κ1) is 16.6. The number of rotatable bonds is 4. The molecule has 0 atom stereocenters. The van der Waals surface area contributed by atoms with E-state index in [1.54, 1.807) is 14.2 Å². The van der Waals surface area contributed by atoms with Gasteiger partial charge in [-0.15, -0.1) is 5.10 Å². The second kappa shape index (κ2) is 6.83. The number of fused-ring (bicyclic) bond motifs is 1. The third-order valence-electron chi connectivity index (χ3n) is 4.04. The van der Waals surface area contributed by atoms with Crippen LogP contribution in [-0.4, -0.2) is 38.0 Å². The van der Waals surface area contributed by atoms with Crippen LogP contribution >= 0.6 is 0 Å². The summed E-state index contributed by atoms with van der Waals surface area (Å²) >= 11 is 0. The van der Waals surface area contributed by atoms with Crippen molar-refractivity contribution in [2.45, 2.75) is 0 Å². The number of nitrogens with one attached hydrogen (secondary N) is 1. The maximum Gasteiger partial charge on any atom is 0.279 e. The molecule has 4 aromatic rings. The van der Waals surface area contributed by atoms with E-state index >= 15 is 0 Å². The Labute approximate surface area is 154 Å². The van der Waals surface area contributed by atoms with Crippen LogP contribution in [0.25, 0.3) is 22.2 Å². The third-order valence-corrected chi connectivity index (χ3v) is 4.04. The molecule has 8 heteroatoms. The van der Waals surface area contributed by atoms with E-state index in [0.717, 1.165) is 11.1 Å². The zero-order chi connectivity index (χ0) is 18.8. The van der Waals surface area contributed by atoms with E-state index in [-0.39, 0.29) is 5.69 Å². The van der Waals surface area contributed by atoms with Gasteiger partial charge in [0.15, 0.2) is 11.5 Å². The molecule has 0 aliphatic rings. The Kier molecular flexibility index (Phi) is 4.21. The fourth-order valence-electron chi connectivity index (χ4n) is 2.78. The molecule has 1 N–H and O–H groups in total. The van der Waals surface area contributed by atoms with Gasteiger partial charge in [0.05, 0.1) is 19.5 Å². The molecule has 2 heterocycles. The first-order valence-corrected chi connectivity index (χ1v) is 8.22. The standard InChI is InChI=1S/C19H16N6O2/c1-25-11-14(23-24-25)19(26)22-16-10-20-17-13(12-6-4-3-5-7-12)8-9-15(27-2)18(17)21-16/h3-11H,1-2H3,(H,21,22,26). The van der Waals surface area contributed by atoms with Crippen LogP contribution < -0.4 is 10.1 Å². The zero-order valence-corrected chi connectivity index (χ0v) is 14.7. The van der Waals surface area contributed by atoms with Crippen LogP contribution in [0.2, 0.25) is 0 Å². The molecule has 0 saturated heterocycles. The molecule has 8 nitrogen and oxygen atoms in total. The highest BCUT2D eigenvalue weighted by molar-refractivity contribution is 6.03. The number of carbonyl (C=O) groups excluding carboxylic acids is 1. The van der Waals surface area contributed by atoms with Gasteiger partial charge < -0.3 is 10.1 Å². The minimum atomic E-state index is -0.407. The Hall–Kier alpha value is -3.81. The minimum absolute atomic E-state index is 0.199. The number of benzene rings is 2. The number of amides is 1. The van der Waals surface area contributed by atoms with E-state index in [2.05, 4.69) is 25.6 Å². The van der Waals surface area contributed by atoms with Crippen molar-refractivity contribution in [2.24, 2.45) is 7.05 Å². The molecule has 0 aliphatic carbocycles. The van der Waals surface area contributed by atoms with E-state index in [4.69, 9.17) is 4.74 Å². The monoisotopic (exact) mass is 360 g/mol. The van der Waals surface area contributed by atoms with Gasteiger partial charge in [0.1, 0.15) is 16.8 Å². The lowest BCUT2D eigenvalue weighted by Gasteiger charge is -2.11. The van der Waals surface area contributed by atoms with Crippen LogP contribution in [0.5, 0.6) is 5.75 Å². The van der Waals surface area contributed by atoms with Crippen LogP contribution in [0.3, 0.4) is 0 Å². The first-order valence-electron chi connectivity index (χ1n) is 8.22. The Morgan fingerprint density at radius 2 is 1.93 bits per heavy atom. The number of aryl methyl sites for hydroxylation is 1. The summed E-state index contributed by atoms with van der Waals surface area (Å²) in [6, 6.07) is 13.7. The smallest absolute Gasteiger partial charge is 0.279 e. The summed E-state index contributed by atoms with van der Waals surface area (Å²) in [7, 11) is 3.26. The van der Waals surface area contributed by atoms with Gasteiger partial charge in [-0.3, -0.25) is 9.48 Å². The second-order valence-corrected chi connectivity index (χ2v) is 5.87. The SMILES string of the molecule is COc1ccc(-c2ccccc2)c2ncc(NC(=O)c3cn(C)nn3)nc12. The van der Waals surface area contributed by atoms with Crippen molar-refractivity contribution in [3.05, 3.63) is 60.6 Å². The largest absolute Gasteiger partial charge is 0.494 e. The molecule has 0 bridgehead atoms. The topological polar surface area (TPSA) is 94.8 Å². The molecule has 0 radical (unpaired) electrons. The zero-order valence-electron chi connectivity index (χ0n) is 14.7. The van der Waals surface area contributed by atoms with Crippen molar-refractivity contribution in [1.82, 2.24) is 25.0 Å². The number of anilines is 1. The third kappa shape index (κ3) is 3.20. The molecule has 27 heavy (non-hydrogen) atoms. The lowest BCUT2D eigenvalue weighted by atomic mass is 10.0. The van der Waals surface area contributed by atoms with Gasteiger partial charge in [-0.2, -0.15) is 0 Å². The van der Waals surface area contributed by atoms with Crippen molar-refractivity contribution in [2.75, 3.05) is 12.4 Å². The number of ether oxygens (including phenoxy) is 1. The van der Waals surface area contributed by atoms with E-state index < -0.39 is 5.91 Å². The molecule has 1 amide bonds. The van der Waals surface area contributed by atoms with Gasteiger partial charge in [0.25, 0.3) is 5.91 Å². The Morgan fingerprint density at radius 3 is 2.63 bits per heavy atom. The molecule has 2 aromatic carbocycles. The molecule has 0 unspecified atom stereocenters. The summed E-state index contributed by atoms with van der Waals surface area (Å²) in [4.78, 5) is 21.3. The molecule has 2 aromatic heterocycles. The number of hydrogen-bond donors (Lipinski definition) is 1. The van der Waals surface area contributed by atoms with E-state index in [0.29, 0.717) is 22.6 Å². The predicted octanol–water partition coefficient (Wildman–Crippen LogP) is 2.69. The lowest BCUT2D eigenvalue weighted by molar-refractivity contribution is 0.102. The van der Waals surface area contributed by atoms with Gasteiger partial charge in [0.2, 0.25) is 0 Å². The second-order valence-electron chi connectivity index (χ2n) is 5.87. The minimum Gasteiger partial charge on any atom is -0.494 e. The molecule has 134 valence electrons. The number of hydrogen-bond acceptors (Lipinski definition) is 6. The van der Waals surface area contributed by atoms with Crippen LogP contribution in [0.1, 0.15) is 10.5 Å². The average Bonchev–Trinajstić information content (AvgIpc) is 3.14. The predicted molar refractivity (Wildman–Crippen MR) is 100 cm³/mol. The van der Waals surface area contributed by atoms with Crippen molar-refractivity contribution in [3.8, 4) is 16.9 Å². The fourth-order valence-corrected chi connectivity index (χ4v) is 2.78. The Balaban J connectivity index is 1.76. The van der Waals surface area contributed by atoms with Crippen LogP contribution in [0, 0.1) is 0 Å². The number of aromatic nitrogens is 5. The van der Waals surface area contributed by atoms with Crippen LogP contribution in [0.4, 0.5) is 5.82 Å². The van der Waals surface area contributed by atoms with Crippen molar-refractivity contribution >= 4 is 22.8 Å². The Bertz CT molecular complexity index is 1120. The van der Waals surface area contributed by atoms with Gasteiger partial charge in [-0.1, -0.05) is 35.5 Å². The van der Waals surface area contributed by atoms with E-state index in [1.807, 2.05) is 42.5 Å². The normalized spacial score (nSPS) is 10.7. The van der Waals surface area contributed by atoms with Gasteiger partial charge in [-0.25, -0.2) is 9.97 Å². The maximum absolute atomic E-state index is 12.3. The molecule has 0 aliphatic heterocycles. The molecule has 0 fully saturated rings. The van der Waals surface area contributed by atoms with Crippen LogP contribution in [-0.2, 0) is 7.05 Å². The molecule has 0 spiro atoms. The van der Waals surface area contributed by atoms with Crippen molar-refractivity contribution in [3.63, 3.8) is 0 Å². The number of nitrogens with zero attached hydrogens (tertiary/aromatic N) is 5. The summed E-state index contributed by atoms with van der Waals surface area (Å²) in [5.41, 5.74) is 3.42. The summed E-state index contributed by atoms with van der Waals surface area (Å²) in [5.74, 6) is 0.476. The summed E-state index contributed by atoms with van der Waals surface area (Å²) in [6.45, 7) is 0. The summed E-state index contributed by atoms with van der Waals surface area (Å²) < 4.78 is 6.88. The van der Waals surface area contributed by atoms with Crippen LogP contribution in [0.15, 0.2) is 54.9 Å². The average molecular weight is 360 g/mol. The van der Waals surface area contributed by atoms with Gasteiger partial charge >= 0.3 is 0 Å². The fraction of sp³-hybridized carbons (Fsp3) is 0.105. The summed E-state index contributed by atoms with van der Waals surface area (Å²) in [5, 5.41) is 10.2. The number of methoxy groups -OCH3 is 1. The quantitative estimate of drug-likeness (QED) is 0.601. The molecule has 0 saturated carbocycles. The van der Waals surface area contributed by atoms with Gasteiger partial charge in [-0.05, 0) is 17.7 Å². The highest BCUT2D eigenvalue weighted by Crippen LogP contribution is 2.32. The van der Waals surface area contributed by atoms with E-state index in [9.17, 15) is 4.79 Å². The highest BCUT2D eigenvalue weighted by atomic mass is 16.5. The van der Waals surface area contributed by atoms with Crippen molar-refractivity contribution < 1.29 is 9.53 Å². The highest BCUT2D eigenvalue weighted by Gasteiger charge is 2.15. The van der Waals surface area contributed by atoms with Gasteiger partial charge in [0, 0.05) is 12.6 Å². The van der Waals surface area contributed by atoms with Crippen molar-refractivity contribution in [1.29, 1.82) is 0 Å². The maximum atomic E-state index is 12.3. The number of carbonyl (C=O) groups is 1. The summed E-state index contributed by atoms with van der Waals surface area (Å²) in [6.07, 6.45) is 3.04. The molecule has 4 rings (SSSR count). The lowest BCUT2D eigenvalue weighted by Crippen LogP contribution is -2.14. The Morgan fingerprint density at radius 1 is 1.11 bits per heavy atom. The molecular formula is C19H16N6O2. The first-order chi connectivity index (χ1) is 13.2. The van der Waals surface area contributed by atoms with E-state index in [1.165, 1.54) is 17.1 Å².